The minimum atomic E-state index is 0.142. The van der Waals surface area contributed by atoms with Crippen molar-refractivity contribution in [2.45, 2.75) is 58.3 Å². The first-order valence-electron chi connectivity index (χ1n) is 8.31. The first-order chi connectivity index (χ1) is 10.8. The van der Waals surface area contributed by atoms with Gasteiger partial charge in [-0.2, -0.15) is 0 Å². The van der Waals surface area contributed by atoms with E-state index in [1.807, 2.05) is 12.1 Å². The summed E-state index contributed by atoms with van der Waals surface area (Å²) in [5, 5.41) is 0. The second-order valence-corrected chi connectivity index (χ2v) is 5.86. The molecule has 0 amide bonds. The lowest BCUT2D eigenvalue weighted by Crippen LogP contribution is -1.93. The number of carbonyl (C=O) groups excluding carboxylic acids is 1. The number of rotatable bonds is 10. The van der Waals surface area contributed by atoms with E-state index in [0.717, 1.165) is 24.3 Å². The molecule has 120 valence electrons. The van der Waals surface area contributed by atoms with Crippen molar-refractivity contribution in [3.8, 4) is 11.5 Å². The quantitative estimate of drug-likeness (QED) is 0.458. The maximum Gasteiger partial charge on any atom is 0.231 e. The van der Waals surface area contributed by atoms with Crippen LogP contribution in [0.2, 0.25) is 0 Å². The SMILES string of the molecule is CC(=O)/C=C/CCCCCCCCc1ccc2c(c1)OCO2. The molecule has 0 saturated heterocycles. The Kier molecular flexibility index (Phi) is 7.01. The highest BCUT2D eigenvalue weighted by molar-refractivity contribution is 5.87. The van der Waals surface area contributed by atoms with Crippen molar-refractivity contribution in [2.24, 2.45) is 0 Å². The van der Waals surface area contributed by atoms with E-state index in [0.29, 0.717) is 6.79 Å². The predicted molar refractivity (Wildman–Crippen MR) is 88.4 cm³/mol. The van der Waals surface area contributed by atoms with Gasteiger partial charge in [0.15, 0.2) is 17.3 Å². The number of hydrogen-bond acceptors (Lipinski definition) is 3. The van der Waals surface area contributed by atoms with Crippen LogP contribution >= 0.6 is 0 Å². The first kappa shape index (κ1) is 16.6. The third-order valence-corrected chi connectivity index (χ3v) is 3.88. The molecular formula is C19H26O3. The van der Waals surface area contributed by atoms with Crippen LogP contribution in [-0.4, -0.2) is 12.6 Å². The van der Waals surface area contributed by atoms with Crippen LogP contribution in [0.15, 0.2) is 30.4 Å². The predicted octanol–water partition coefficient (Wildman–Crippen LogP) is 4.83. The molecule has 3 nitrogen and oxygen atoms in total. The molecule has 1 aromatic rings. The van der Waals surface area contributed by atoms with Crippen LogP contribution in [0.3, 0.4) is 0 Å². The second kappa shape index (κ2) is 9.29. The lowest BCUT2D eigenvalue weighted by atomic mass is 10.0. The zero-order valence-corrected chi connectivity index (χ0v) is 13.5. The lowest BCUT2D eigenvalue weighted by Gasteiger charge is -2.03. The smallest absolute Gasteiger partial charge is 0.231 e. The summed E-state index contributed by atoms with van der Waals surface area (Å²) in [6, 6.07) is 6.24. The molecule has 0 atom stereocenters. The monoisotopic (exact) mass is 302 g/mol. The van der Waals surface area contributed by atoms with E-state index in [1.54, 1.807) is 13.0 Å². The van der Waals surface area contributed by atoms with E-state index < -0.39 is 0 Å². The zero-order valence-electron chi connectivity index (χ0n) is 13.5. The Labute approximate surface area is 133 Å². The van der Waals surface area contributed by atoms with Crippen LogP contribution in [0.5, 0.6) is 11.5 Å². The van der Waals surface area contributed by atoms with E-state index in [9.17, 15) is 4.79 Å². The Morgan fingerprint density at radius 2 is 1.77 bits per heavy atom. The van der Waals surface area contributed by atoms with Gasteiger partial charge in [-0.25, -0.2) is 0 Å². The summed E-state index contributed by atoms with van der Waals surface area (Å²) >= 11 is 0. The van der Waals surface area contributed by atoms with Crippen molar-refractivity contribution < 1.29 is 14.3 Å². The minimum Gasteiger partial charge on any atom is -0.454 e. The number of fused-ring (bicyclic) bond motifs is 1. The van der Waals surface area contributed by atoms with Crippen molar-refractivity contribution in [3.63, 3.8) is 0 Å². The Bertz CT molecular complexity index is 505. The molecule has 0 bridgehead atoms. The van der Waals surface area contributed by atoms with Crippen LogP contribution in [-0.2, 0) is 11.2 Å². The molecule has 1 heterocycles. The van der Waals surface area contributed by atoms with Gasteiger partial charge in [-0.3, -0.25) is 4.79 Å². The van der Waals surface area contributed by atoms with Crippen LogP contribution in [0.4, 0.5) is 0 Å². The summed E-state index contributed by atoms with van der Waals surface area (Å²) in [5.74, 6) is 1.89. The van der Waals surface area contributed by atoms with Gasteiger partial charge in [0.1, 0.15) is 0 Å². The number of hydrogen-bond donors (Lipinski definition) is 0. The molecule has 0 fully saturated rings. The fraction of sp³-hybridized carbons (Fsp3) is 0.526. The van der Waals surface area contributed by atoms with Crippen LogP contribution in [0.25, 0.3) is 0 Å². The van der Waals surface area contributed by atoms with Gasteiger partial charge in [0.25, 0.3) is 0 Å². The number of carbonyl (C=O) groups is 1. The summed E-state index contributed by atoms with van der Waals surface area (Å²) in [5.41, 5.74) is 1.33. The Balaban J connectivity index is 1.48. The van der Waals surface area contributed by atoms with Gasteiger partial charge in [0.05, 0.1) is 0 Å². The maximum absolute atomic E-state index is 10.7. The highest BCUT2D eigenvalue weighted by atomic mass is 16.7. The number of ether oxygens (including phenoxy) is 2. The zero-order chi connectivity index (χ0) is 15.6. The Morgan fingerprint density at radius 1 is 1.05 bits per heavy atom. The van der Waals surface area contributed by atoms with Gasteiger partial charge in [-0.05, 0) is 56.4 Å². The molecule has 1 aliphatic heterocycles. The molecule has 22 heavy (non-hydrogen) atoms. The average molecular weight is 302 g/mol. The number of benzene rings is 1. The van der Waals surface area contributed by atoms with Crippen molar-refractivity contribution in [2.75, 3.05) is 6.79 Å². The maximum atomic E-state index is 10.7. The standard InChI is InChI=1S/C19H26O3/c1-16(20)10-8-6-4-2-3-5-7-9-11-17-12-13-18-19(14-17)22-15-21-18/h8,10,12-14H,2-7,9,11,15H2,1H3/b10-8+. The number of allylic oxidation sites excluding steroid dienone is 2. The molecular weight excluding hydrogens is 276 g/mol. The van der Waals surface area contributed by atoms with Gasteiger partial charge < -0.3 is 9.47 Å². The number of ketones is 1. The topological polar surface area (TPSA) is 35.5 Å². The molecule has 0 saturated carbocycles. The fourth-order valence-electron chi connectivity index (χ4n) is 2.64. The molecule has 0 spiro atoms. The summed E-state index contributed by atoms with van der Waals surface area (Å²) < 4.78 is 10.7. The summed E-state index contributed by atoms with van der Waals surface area (Å²) in [6.07, 6.45) is 13.3. The van der Waals surface area contributed by atoms with Gasteiger partial charge in [0.2, 0.25) is 6.79 Å². The molecule has 1 aromatic carbocycles. The number of aryl methyl sites for hydroxylation is 1. The molecule has 0 N–H and O–H groups in total. The van der Waals surface area contributed by atoms with Gasteiger partial charge in [-0.1, -0.05) is 37.8 Å². The highest BCUT2D eigenvalue weighted by Gasteiger charge is 2.12. The third-order valence-electron chi connectivity index (χ3n) is 3.88. The normalized spacial score (nSPS) is 13.0. The molecule has 0 aromatic heterocycles. The van der Waals surface area contributed by atoms with Crippen LogP contribution in [0.1, 0.15) is 57.4 Å². The number of unbranched alkanes of at least 4 members (excludes halogenated alkanes) is 6. The van der Waals surface area contributed by atoms with Crippen LogP contribution in [0, 0.1) is 0 Å². The molecule has 0 aliphatic carbocycles. The fourth-order valence-corrected chi connectivity index (χ4v) is 2.64. The third kappa shape index (κ3) is 5.92. The molecule has 0 unspecified atom stereocenters. The van der Waals surface area contributed by atoms with Crippen LogP contribution < -0.4 is 9.47 Å². The van der Waals surface area contributed by atoms with Gasteiger partial charge in [0, 0.05) is 0 Å². The van der Waals surface area contributed by atoms with Crippen molar-refractivity contribution >= 4 is 5.78 Å². The van der Waals surface area contributed by atoms with Gasteiger partial charge in [-0.15, -0.1) is 0 Å². The molecule has 0 radical (unpaired) electrons. The summed E-state index contributed by atoms with van der Waals surface area (Å²) in [4.78, 5) is 10.7. The van der Waals surface area contributed by atoms with E-state index in [2.05, 4.69) is 12.1 Å². The van der Waals surface area contributed by atoms with E-state index in [1.165, 1.54) is 44.1 Å². The van der Waals surface area contributed by atoms with Crippen molar-refractivity contribution in [3.05, 3.63) is 35.9 Å². The lowest BCUT2D eigenvalue weighted by molar-refractivity contribution is -0.112. The van der Waals surface area contributed by atoms with E-state index in [-0.39, 0.29) is 5.78 Å². The van der Waals surface area contributed by atoms with Crippen molar-refractivity contribution in [1.82, 2.24) is 0 Å². The Hall–Kier alpha value is -1.77. The molecule has 2 rings (SSSR count). The van der Waals surface area contributed by atoms with E-state index in [4.69, 9.17) is 9.47 Å². The Morgan fingerprint density at radius 3 is 2.59 bits per heavy atom. The molecule has 1 aliphatic rings. The van der Waals surface area contributed by atoms with Crippen molar-refractivity contribution in [1.29, 1.82) is 0 Å². The van der Waals surface area contributed by atoms with E-state index >= 15 is 0 Å². The average Bonchev–Trinajstić information content (AvgIpc) is 2.96. The first-order valence-corrected chi connectivity index (χ1v) is 8.31. The minimum absolute atomic E-state index is 0.142. The molecule has 3 heteroatoms. The largest absolute Gasteiger partial charge is 0.454 e. The summed E-state index contributed by atoms with van der Waals surface area (Å²) in [6.45, 7) is 1.94. The summed E-state index contributed by atoms with van der Waals surface area (Å²) in [7, 11) is 0. The second-order valence-electron chi connectivity index (χ2n) is 5.86. The highest BCUT2D eigenvalue weighted by Crippen LogP contribution is 2.32. The van der Waals surface area contributed by atoms with Gasteiger partial charge >= 0.3 is 0 Å².